The number of carbonyl (C=O) groups excluding carboxylic acids is 1. The summed E-state index contributed by atoms with van der Waals surface area (Å²) in [5, 5.41) is 0. The average Bonchev–Trinajstić information content (AvgIpc) is 2.21. The minimum atomic E-state index is 0.429. The highest BCUT2D eigenvalue weighted by Gasteiger charge is 2.23. The standard InChI is InChI=1S/C13H20O/c1-10-2-4-11(5-3-10)12-6-8-13(14)9-7-12/h6,10-11H,2-5,7-9H2,1H3. The van der Waals surface area contributed by atoms with Gasteiger partial charge in [-0.25, -0.2) is 0 Å². The molecule has 0 aliphatic heterocycles. The molecule has 2 aliphatic carbocycles. The number of carbonyl (C=O) groups is 1. The van der Waals surface area contributed by atoms with Crippen LogP contribution in [0.25, 0.3) is 0 Å². The lowest BCUT2D eigenvalue weighted by Gasteiger charge is -2.29. The number of ketones is 1. The van der Waals surface area contributed by atoms with Crippen LogP contribution in [0.2, 0.25) is 0 Å². The first-order valence-corrected chi connectivity index (χ1v) is 5.96. The van der Waals surface area contributed by atoms with E-state index < -0.39 is 0 Å². The van der Waals surface area contributed by atoms with Crippen molar-refractivity contribution >= 4 is 5.78 Å². The fraction of sp³-hybridized carbons (Fsp3) is 0.769. The second-order valence-corrected chi connectivity index (χ2v) is 4.98. The molecule has 0 aromatic rings. The summed E-state index contributed by atoms with van der Waals surface area (Å²) in [6.07, 6.45) is 10.3. The average molecular weight is 192 g/mol. The molecule has 1 heteroatoms. The molecule has 0 radical (unpaired) electrons. The van der Waals surface area contributed by atoms with Crippen LogP contribution in [0, 0.1) is 11.8 Å². The first-order chi connectivity index (χ1) is 6.75. The molecule has 0 atom stereocenters. The van der Waals surface area contributed by atoms with Gasteiger partial charge in [0.25, 0.3) is 0 Å². The van der Waals surface area contributed by atoms with Crippen molar-refractivity contribution in [1.29, 1.82) is 0 Å². The Morgan fingerprint density at radius 3 is 2.43 bits per heavy atom. The van der Waals surface area contributed by atoms with Gasteiger partial charge in [-0.1, -0.05) is 31.4 Å². The third-order valence-corrected chi connectivity index (χ3v) is 3.82. The summed E-state index contributed by atoms with van der Waals surface area (Å²) in [5.74, 6) is 2.18. The van der Waals surface area contributed by atoms with Gasteiger partial charge < -0.3 is 0 Å². The molecule has 78 valence electrons. The lowest BCUT2D eigenvalue weighted by atomic mass is 9.76. The zero-order valence-electron chi connectivity index (χ0n) is 9.09. The number of rotatable bonds is 1. The van der Waals surface area contributed by atoms with E-state index in [4.69, 9.17) is 0 Å². The summed E-state index contributed by atoms with van der Waals surface area (Å²) in [6.45, 7) is 2.36. The van der Waals surface area contributed by atoms with E-state index >= 15 is 0 Å². The van der Waals surface area contributed by atoms with Crippen molar-refractivity contribution in [3.8, 4) is 0 Å². The van der Waals surface area contributed by atoms with Crippen LogP contribution in [0.3, 0.4) is 0 Å². The van der Waals surface area contributed by atoms with Crippen LogP contribution in [0.1, 0.15) is 51.9 Å². The van der Waals surface area contributed by atoms with E-state index in [1.54, 1.807) is 5.57 Å². The molecule has 14 heavy (non-hydrogen) atoms. The maximum atomic E-state index is 11.1. The Labute approximate surface area is 86.6 Å². The van der Waals surface area contributed by atoms with Crippen molar-refractivity contribution in [1.82, 2.24) is 0 Å². The van der Waals surface area contributed by atoms with E-state index in [1.807, 2.05) is 0 Å². The van der Waals surface area contributed by atoms with Crippen molar-refractivity contribution < 1.29 is 4.79 Å². The summed E-state index contributed by atoms with van der Waals surface area (Å²) in [7, 11) is 0. The fourth-order valence-electron chi connectivity index (χ4n) is 2.73. The lowest BCUT2D eigenvalue weighted by Crippen LogP contribution is -2.17. The van der Waals surface area contributed by atoms with E-state index in [2.05, 4.69) is 13.0 Å². The zero-order valence-corrected chi connectivity index (χ0v) is 9.09. The van der Waals surface area contributed by atoms with E-state index in [0.29, 0.717) is 12.2 Å². The van der Waals surface area contributed by atoms with Gasteiger partial charge in [0.15, 0.2) is 0 Å². The number of allylic oxidation sites excluding steroid dienone is 2. The molecule has 2 rings (SSSR count). The lowest BCUT2D eigenvalue weighted by molar-refractivity contribution is -0.118. The smallest absolute Gasteiger partial charge is 0.136 e. The molecule has 0 aromatic carbocycles. The molecule has 0 amide bonds. The number of hydrogen-bond acceptors (Lipinski definition) is 1. The van der Waals surface area contributed by atoms with Gasteiger partial charge in [-0.15, -0.1) is 0 Å². The Morgan fingerprint density at radius 2 is 1.86 bits per heavy atom. The molecule has 0 bridgehead atoms. The molecule has 0 saturated heterocycles. The minimum absolute atomic E-state index is 0.429. The Bertz CT molecular complexity index is 244. The third-order valence-electron chi connectivity index (χ3n) is 3.82. The summed E-state index contributed by atoms with van der Waals surface area (Å²) < 4.78 is 0. The van der Waals surface area contributed by atoms with Crippen molar-refractivity contribution in [2.75, 3.05) is 0 Å². The molecule has 0 aromatic heterocycles. The highest BCUT2D eigenvalue weighted by Crippen LogP contribution is 2.36. The summed E-state index contributed by atoms with van der Waals surface area (Å²) >= 11 is 0. The molecular formula is C13H20O. The first-order valence-electron chi connectivity index (χ1n) is 5.96. The molecule has 1 saturated carbocycles. The van der Waals surface area contributed by atoms with Gasteiger partial charge in [-0.05, 0) is 31.1 Å². The summed E-state index contributed by atoms with van der Waals surface area (Å²) in [6, 6.07) is 0. The molecule has 2 aliphatic rings. The maximum absolute atomic E-state index is 11.1. The van der Waals surface area contributed by atoms with Crippen LogP contribution >= 0.6 is 0 Å². The molecule has 1 nitrogen and oxygen atoms in total. The normalized spacial score (nSPS) is 34.1. The van der Waals surface area contributed by atoms with E-state index in [0.717, 1.165) is 24.7 Å². The highest BCUT2D eigenvalue weighted by atomic mass is 16.1. The zero-order chi connectivity index (χ0) is 9.97. The van der Waals surface area contributed by atoms with E-state index in [1.165, 1.54) is 25.7 Å². The van der Waals surface area contributed by atoms with Crippen molar-refractivity contribution in [2.24, 2.45) is 11.8 Å². The van der Waals surface area contributed by atoms with Crippen LogP contribution in [0.5, 0.6) is 0 Å². The predicted molar refractivity (Wildman–Crippen MR) is 58.1 cm³/mol. The number of hydrogen-bond donors (Lipinski definition) is 0. The maximum Gasteiger partial charge on any atom is 0.136 e. The molecule has 1 fully saturated rings. The van der Waals surface area contributed by atoms with Gasteiger partial charge in [-0.3, -0.25) is 4.79 Å². The Balaban J connectivity index is 1.92. The predicted octanol–water partition coefficient (Wildman–Crippen LogP) is 3.49. The Morgan fingerprint density at radius 1 is 1.14 bits per heavy atom. The third kappa shape index (κ3) is 2.26. The van der Waals surface area contributed by atoms with Gasteiger partial charge in [0.05, 0.1) is 0 Å². The second-order valence-electron chi connectivity index (χ2n) is 4.98. The topological polar surface area (TPSA) is 17.1 Å². The van der Waals surface area contributed by atoms with Crippen molar-refractivity contribution in [2.45, 2.75) is 51.9 Å². The molecule has 0 unspecified atom stereocenters. The monoisotopic (exact) mass is 192 g/mol. The van der Waals surface area contributed by atoms with Crippen LogP contribution in [-0.4, -0.2) is 5.78 Å². The Hall–Kier alpha value is -0.590. The van der Waals surface area contributed by atoms with Gasteiger partial charge in [0, 0.05) is 12.8 Å². The fourth-order valence-corrected chi connectivity index (χ4v) is 2.73. The first kappa shape index (κ1) is 9.95. The summed E-state index contributed by atoms with van der Waals surface area (Å²) in [4.78, 5) is 11.1. The van der Waals surface area contributed by atoms with E-state index in [-0.39, 0.29) is 0 Å². The highest BCUT2D eigenvalue weighted by molar-refractivity contribution is 5.81. The van der Waals surface area contributed by atoms with Crippen LogP contribution in [-0.2, 0) is 4.79 Å². The number of Topliss-reactive ketones (excluding diaryl/α,β-unsaturated/α-hetero) is 1. The second kappa shape index (κ2) is 4.29. The van der Waals surface area contributed by atoms with Crippen LogP contribution < -0.4 is 0 Å². The Kier molecular flexibility index (Phi) is 3.05. The van der Waals surface area contributed by atoms with Crippen LogP contribution in [0.15, 0.2) is 11.6 Å². The SMILES string of the molecule is CC1CCC(C2=CCC(=O)CC2)CC1. The summed E-state index contributed by atoms with van der Waals surface area (Å²) in [5.41, 5.74) is 1.59. The van der Waals surface area contributed by atoms with Gasteiger partial charge in [0.2, 0.25) is 0 Å². The largest absolute Gasteiger partial charge is 0.299 e. The van der Waals surface area contributed by atoms with Crippen molar-refractivity contribution in [3.63, 3.8) is 0 Å². The molecule has 0 spiro atoms. The quantitative estimate of drug-likeness (QED) is 0.581. The van der Waals surface area contributed by atoms with E-state index in [9.17, 15) is 4.79 Å². The van der Waals surface area contributed by atoms with Crippen LogP contribution in [0.4, 0.5) is 0 Å². The van der Waals surface area contributed by atoms with Gasteiger partial charge in [-0.2, -0.15) is 0 Å². The molecular weight excluding hydrogens is 172 g/mol. The van der Waals surface area contributed by atoms with Gasteiger partial charge >= 0.3 is 0 Å². The van der Waals surface area contributed by atoms with Crippen molar-refractivity contribution in [3.05, 3.63) is 11.6 Å². The molecule has 0 heterocycles. The minimum Gasteiger partial charge on any atom is -0.299 e. The molecule has 0 N–H and O–H groups in total. The van der Waals surface area contributed by atoms with Gasteiger partial charge in [0.1, 0.15) is 5.78 Å².